The first-order valence-corrected chi connectivity index (χ1v) is 5.47. The van der Waals surface area contributed by atoms with Crippen LogP contribution in [0.4, 0.5) is 5.69 Å². The number of rotatable bonds is 5. The topological polar surface area (TPSA) is 98.9 Å². The van der Waals surface area contributed by atoms with Crippen molar-refractivity contribution in [3.05, 3.63) is 33.9 Å². The molecule has 0 saturated carbocycles. The van der Waals surface area contributed by atoms with E-state index in [0.717, 1.165) is 7.11 Å². The van der Waals surface area contributed by atoms with Gasteiger partial charge in [0.25, 0.3) is 0 Å². The maximum Gasteiger partial charge on any atom is 0.341 e. The molecule has 7 nitrogen and oxygen atoms in total. The summed E-state index contributed by atoms with van der Waals surface area (Å²) in [6.45, 7) is 2.41. The molecule has 1 atom stereocenters. The monoisotopic (exact) mass is 269 g/mol. The van der Waals surface area contributed by atoms with Crippen molar-refractivity contribution in [2.45, 2.75) is 19.4 Å². The zero-order chi connectivity index (χ0) is 14.6. The van der Waals surface area contributed by atoms with Gasteiger partial charge in [-0.3, -0.25) is 10.1 Å². The number of aryl methyl sites for hydroxylation is 1. The molecule has 1 aromatic carbocycles. The predicted molar refractivity (Wildman–Crippen MR) is 66.0 cm³/mol. The van der Waals surface area contributed by atoms with Crippen LogP contribution in [0, 0.1) is 17.0 Å². The summed E-state index contributed by atoms with van der Waals surface area (Å²) in [5, 5.41) is 20.7. The molecule has 1 rings (SSSR count). The zero-order valence-electron chi connectivity index (χ0n) is 10.9. The second-order valence-corrected chi connectivity index (χ2v) is 4.23. The van der Waals surface area contributed by atoms with E-state index in [1.165, 1.54) is 19.1 Å². The molecule has 0 radical (unpaired) electrons. The minimum absolute atomic E-state index is 0.0247. The van der Waals surface area contributed by atoms with Crippen molar-refractivity contribution < 1.29 is 24.3 Å². The fraction of sp³-hybridized carbons (Fsp3) is 0.417. The van der Waals surface area contributed by atoms with Gasteiger partial charge in [0.1, 0.15) is 6.61 Å². The third-order valence-electron chi connectivity index (χ3n) is 2.51. The van der Waals surface area contributed by atoms with Crippen LogP contribution in [0.3, 0.4) is 0 Å². The normalized spacial score (nSPS) is 13.5. The van der Waals surface area contributed by atoms with Crippen LogP contribution < -0.4 is 4.74 Å². The van der Waals surface area contributed by atoms with E-state index >= 15 is 0 Å². The predicted octanol–water partition coefficient (Wildman–Crippen LogP) is 1.21. The van der Waals surface area contributed by atoms with Crippen LogP contribution >= 0.6 is 0 Å². The van der Waals surface area contributed by atoms with Crippen molar-refractivity contribution in [3.63, 3.8) is 0 Å². The zero-order valence-corrected chi connectivity index (χ0v) is 10.9. The molecule has 0 aliphatic rings. The average Bonchev–Trinajstić information content (AvgIpc) is 2.35. The number of benzene rings is 1. The van der Waals surface area contributed by atoms with Crippen molar-refractivity contribution in [2.75, 3.05) is 13.7 Å². The molecule has 0 spiro atoms. The van der Waals surface area contributed by atoms with Gasteiger partial charge in [-0.1, -0.05) is 12.1 Å². The van der Waals surface area contributed by atoms with Gasteiger partial charge in [-0.2, -0.15) is 0 Å². The number of nitro groups is 1. The Morgan fingerprint density at radius 2 is 2.16 bits per heavy atom. The molecule has 0 amide bonds. The lowest BCUT2D eigenvalue weighted by Gasteiger charge is -2.20. The van der Waals surface area contributed by atoms with Gasteiger partial charge in [0.15, 0.2) is 11.4 Å². The third-order valence-corrected chi connectivity index (χ3v) is 2.51. The van der Waals surface area contributed by atoms with Gasteiger partial charge in [0.2, 0.25) is 0 Å². The maximum absolute atomic E-state index is 11.3. The lowest BCUT2D eigenvalue weighted by atomic mass is 10.1. The van der Waals surface area contributed by atoms with Crippen molar-refractivity contribution >= 4 is 11.7 Å². The number of nitro benzene ring substituents is 1. The van der Waals surface area contributed by atoms with E-state index in [1.54, 1.807) is 13.0 Å². The highest BCUT2D eigenvalue weighted by Gasteiger charge is 2.33. The highest BCUT2D eigenvalue weighted by Crippen LogP contribution is 2.30. The number of hydrogen-bond acceptors (Lipinski definition) is 6. The second-order valence-electron chi connectivity index (χ2n) is 4.23. The molecule has 7 heteroatoms. The summed E-state index contributed by atoms with van der Waals surface area (Å²) < 4.78 is 9.63. The molecule has 0 bridgehead atoms. The number of carbonyl (C=O) groups is 1. The molecule has 0 aliphatic carbocycles. The number of aliphatic hydroxyl groups is 1. The van der Waals surface area contributed by atoms with Crippen molar-refractivity contribution in [2.24, 2.45) is 0 Å². The number of para-hydroxylation sites is 1. The van der Waals surface area contributed by atoms with Gasteiger partial charge in [-0.05, 0) is 19.4 Å². The minimum Gasteiger partial charge on any atom is -0.483 e. The van der Waals surface area contributed by atoms with Gasteiger partial charge in [0, 0.05) is 6.07 Å². The fourth-order valence-electron chi connectivity index (χ4n) is 1.46. The lowest BCUT2D eigenvalue weighted by molar-refractivity contribution is -0.386. The van der Waals surface area contributed by atoms with Gasteiger partial charge in [0.05, 0.1) is 12.0 Å². The SMILES string of the molecule is COC(=O)C(C)(O)COc1c(C)cccc1[N+](=O)[O-]. The summed E-state index contributed by atoms with van der Waals surface area (Å²) in [6, 6.07) is 4.45. The smallest absolute Gasteiger partial charge is 0.341 e. The Kier molecular flexibility index (Phi) is 4.44. The van der Waals surface area contributed by atoms with Crippen LogP contribution in [0.1, 0.15) is 12.5 Å². The quantitative estimate of drug-likeness (QED) is 0.490. The van der Waals surface area contributed by atoms with Gasteiger partial charge >= 0.3 is 11.7 Å². The molecular weight excluding hydrogens is 254 g/mol. The summed E-state index contributed by atoms with van der Waals surface area (Å²) in [6.07, 6.45) is 0. The number of carbonyl (C=O) groups excluding carboxylic acids is 1. The summed E-state index contributed by atoms with van der Waals surface area (Å²) >= 11 is 0. The average molecular weight is 269 g/mol. The number of esters is 1. The molecule has 0 fully saturated rings. The van der Waals surface area contributed by atoms with E-state index in [2.05, 4.69) is 4.74 Å². The van der Waals surface area contributed by atoms with E-state index in [0.29, 0.717) is 5.56 Å². The van der Waals surface area contributed by atoms with Crippen LogP contribution in [0.2, 0.25) is 0 Å². The Hall–Kier alpha value is -2.15. The van der Waals surface area contributed by atoms with Gasteiger partial charge < -0.3 is 14.6 Å². The number of methoxy groups -OCH3 is 1. The summed E-state index contributed by atoms with van der Waals surface area (Å²) in [7, 11) is 1.13. The number of nitrogens with zero attached hydrogens (tertiary/aromatic N) is 1. The maximum atomic E-state index is 11.3. The van der Waals surface area contributed by atoms with Crippen molar-refractivity contribution in [3.8, 4) is 5.75 Å². The van der Waals surface area contributed by atoms with E-state index in [9.17, 15) is 20.0 Å². The largest absolute Gasteiger partial charge is 0.483 e. The molecule has 0 aliphatic heterocycles. The third kappa shape index (κ3) is 3.41. The van der Waals surface area contributed by atoms with Gasteiger partial charge in [-0.25, -0.2) is 4.79 Å². The van der Waals surface area contributed by atoms with Crippen LogP contribution in [0.15, 0.2) is 18.2 Å². The van der Waals surface area contributed by atoms with Crippen LogP contribution in [-0.2, 0) is 9.53 Å². The first-order valence-electron chi connectivity index (χ1n) is 5.47. The first-order chi connectivity index (χ1) is 8.79. The number of ether oxygens (including phenoxy) is 2. The van der Waals surface area contributed by atoms with E-state index in [4.69, 9.17) is 4.74 Å². The Morgan fingerprint density at radius 3 is 2.68 bits per heavy atom. The highest BCUT2D eigenvalue weighted by molar-refractivity contribution is 5.78. The Bertz CT molecular complexity index is 497. The number of hydrogen-bond donors (Lipinski definition) is 1. The van der Waals surface area contributed by atoms with E-state index in [1.807, 2.05) is 0 Å². The second kappa shape index (κ2) is 5.66. The molecule has 104 valence electrons. The summed E-state index contributed by atoms with van der Waals surface area (Å²) in [5.41, 5.74) is -1.55. The molecular formula is C12H15NO6. The lowest BCUT2D eigenvalue weighted by Crippen LogP contribution is -2.42. The van der Waals surface area contributed by atoms with Crippen LogP contribution in [-0.4, -0.2) is 35.3 Å². The summed E-state index contributed by atoms with van der Waals surface area (Å²) in [4.78, 5) is 21.5. The van der Waals surface area contributed by atoms with E-state index in [-0.39, 0.29) is 11.4 Å². The Morgan fingerprint density at radius 1 is 1.53 bits per heavy atom. The molecule has 0 saturated heterocycles. The molecule has 0 heterocycles. The van der Waals surface area contributed by atoms with Gasteiger partial charge in [-0.15, -0.1) is 0 Å². The standard InChI is InChI=1S/C12H15NO6/c1-8-5-4-6-9(13(16)17)10(8)19-7-12(2,15)11(14)18-3/h4-6,15H,7H2,1-3H3. The molecule has 19 heavy (non-hydrogen) atoms. The fourth-order valence-corrected chi connectivity index (χ4v) is 1.46. The highest BCUT2D eigenvalue weighted by atomic mass is 16.6. The first kappa shape index (κ1) is 14.9. The molecule has 0 aromatic heterocycles. The molecule has 1 N–H and O–H groups in total. The van der Waals surface area contributed by atoms with Crippen LogP contribution in [0.25, 0.3) is 0 Å². The van der Waals surface area contributed by atoms with Crippen molar-refractivity contribution in [1.29, 1.82) is 0 Å². The molecule has 1 aromatic rings. The molecule has 1 unspecified atom stereocenters. The Labute approximate surface area is 109 Å². The van der Waals surface area contributed by atoms with E-state index < -0.39 is 23.1 Å². The Balaban J connectivity index is 2.95. The van der Waals surface area contributed by atoms with Crippen molar-refractivity contribution in [1.82, 2.24) is 0 Å². The van der Waals surface area contributed by atoms with Crippen LogP contribution in [0.5, 0.6) is 5.75 Å². The minimum atomic E-state index is -1.87. The summed E-state index contributed by atoms with van der Waals surface area (Å²) in [5.74, 6) is -0.847.